The highest BCUT2D eigenvalue weighted by molar-refractivity contribution is 7.10. The molecule has 1 aliphatic heterocycles. The zero-order valence-electron chi connectivity index (χ0n) is 12.2. The summed E-state index contributed by atoms with van der Waals surface area (Å²) in [5, 5.41) is 13.6. The first-order chi connectivity index (χ1) is 10.2. The summed E-state index contributed by atoms with van der Waals surface area (Å²) in [6.45, 7) is 3.35. The van der Waals surface area contributed by atoms with Crippen LogP contribution >= 0.6 is 11.3 Å². The summed E-state index contributed by atoms with van der Waals surface area (Å²) < 4.78 is 5.55. The number of thiophene rings is 1. The Hall–Kier alpha value is -1.35. The number of carbonyl (C=O) groups is 1. The molecule has 1 saturated heterocycles. The van der Waals surface area contributed by atoms with Crippen molar-refractivity contribution in [2.75, 3.05) is 13.2 Å². The van der Waals surface area contributed by atoms with E-state index in [4.69, 9.17) is 9.84 Å². The molecule has 2 heterocycles. The number of ether oxygens (including phenoxy) is 1. The molecule has 0 radical (unpaired) electrons. The lowest BCUT2D eigenvalue weighted by Gasteiger charge is -2.15. The summed E-state index contributed by atoms with van der Waals surface area (Å²) in [5.74, 6) is 5.95. The maximum Gasteiger partial charge on any atom is 0.226 e. The number of hydrogen-bond acceptors (Lipinski definition) is 4. The molecule has 0 spiro atoms. The molecule has 1 amide bonds. The Kier molecular flexibility index (Phi) is 6.24. The minimum absolute atomic E-state index is 0.0150. The van der Waals surface area contributed by atoms with E-state index in [0.29, 0.717) is 19.6 Å². The highest BCUT2D eigenvalue weighted by atomic mass is 32.1. The number of aliphatic hydroxyl groups excluding tert-OH is 1. The van der Waals surface area contributed by atoms with E-state index in [1.54, 1.807) is 11.3 Å². The average molecular weight is 307 g/mol. The third-order valence-corrected chi connectivity index (χ3v) is 4.45. The quantitative estimate of drug-likeness (QED) is 0.817. The van der Waals surface area contributed by atoms with Gasteiger partial charge in [-0.15, -0.1) is 11.3 Å². The van der Waals surface area contributed by atoms with E-state index in [1.165, 1.54) is 0 Å². The van der Waals surface area contributed by atoms with Crippen molar-refractivity contribution >= 4 is 17.2 Å². The smallest absolute Gasteiger partial charge is 0.226 e. The fourth-order valence-electron chi connectivity index (χ4n) is 2.42. The maximum atomic E-state index is 12.2. The summed E-state index contributed by atoms with van der Waals surface area (Å²) in [6, 6.07) is 1.98. The van der Waals surface area contributed by atoms with Crippen LogP contribution in [0, 0.1) is 17.8 Å². The van der Waals surface area contributed by atoms with Gasteiger partial charge < -0.3 is 15.2 Å². The van der Waals surface area contributed by atoms with E-state index in [2.05, 4.69) is 17.2 Å². The third kappa shape index (κ3) is 4.57. The normalized spacial score (nSPS) is 20.9. The maximum absolute atomic E-state index is 12.2. The Labute approximate surface area is 129 Å². The molecular formula is C16H21NO3S. The molecule has 0 aromatic carbocycles. The molecule has 2 atom stereocenters. The van der Waals surface area contributed by atoms with Gasteiger partial charge in [0.1, 0.15) is 0 Å². The first-order valence-corrected chi connectivity index (χ1v) is 8.19. The van der Waals surface area contributed by atoms with Crippen LogP contribution in [-0.4, -0.2) is 30.3 Å². The fraction of sp³-hybridized carbons (Fsp3) is 0.562. The number of amides is 1. The Morgan fingerprint density at radius 1 is 1.62 bits per heavy atom. The Morgan fingerprint density at radius 2 is 2.48 bits per heavy atom. The van der Waals surface area contributed by atoms with Crippen molar-refractivity contribution in [2.24, 2.45) is 5.92 Å². The summed E-state index contributed by atoms with van der Waals surface area (Å²) >= 11 is 1.59. The Morgan fingerprint density at radius 3 is 3.24 bits per heavy atom. The van der Waals surface area contributed by atoms with Crippen molar-refractivity contribution in [3.8, 4) is 11.8 Å². The first kappa shape index (κ1) is 16.0. The largest absolute Gasteiger partial charge is 0.395 e. The molecule has 2 unspecified atom stereocenters. The van der Waals surface area contributed by atoms with Crippen molar-refractivity contribution in [3.05, 3.63) is 21.9 Å². The lowest BCUT2D eigenvalue weighted by Crippen LogP contribution is -2.34. The van der Waals surface area contributed by atoms with Crippen molar-refractivity contribution < 1.29 is 14.6 Å². The standard InChI is InChI=1S/C16H21NO3S/c1-2-15-14(6-8-20-15)16(19)17-10-13-9-12(11-21-13)5-3-4-7-18/h9,11,14-15,18H,2,4,6-8,10H2,1H3,(H,17,19). The predicted molar refractivity (Wildman–Crippen MR) is 82.9 cm³/mol. The second kappa shape index (κ2) is 8.18. The molecule has 0 bridgehead atoms. The molecule has 2 rings (SSSR count). The van der Waals surface area contributed by atoms with Gasteiger partial charge in [-0.3, -0.25) is 4.79 Å². The molecule has 5 heteroatoms. The predicted octanol–water partition coefficient (Wildman–Crippen LogP) is 1.91. The monoisotopic (exact) mass is 307 g/mol. The zero-order chi connectivity index (χ0) is 15.1. The highest BCUT2D eigenvalue weighted by Gasteiger charge is 2.32. The number of nitrogens with one attached hydrogen (secondary N) is 1. The molecule has 2 N–H and O–H groups in total. The van der Waals surface area contributed by atoms with Gasteiger partial charge in [0, 0.05) is 28.8 Å². The molecule has 1 aromatic heterocycles. The molecule has 114 valence electrons. The van der Waals surface area contributed by atoms with Crippen molar-refractivity contribution in [2.45, 2.75) is 38.8 Å². The minimum atomic E-state index is -0.0150. The van der Waals surface area contributed by atoms with Crippen LogP contribution in [0.25, 0.3) is 0 Å². The summed E-state index contributed by atoms with van der Waals surface area (Å²) in [7, 11) is 0. The van der Waals surface area contributed by atoms with Gasteiger partial charge in [0.15, 0.2) is 0 Å². The Bertz CT molecular complexity index is 529. The molecule has 1 aliphatic rings. The summed E-state index contributed by atoms with van der Waals surface area (Å²) in [6.07, 6.45) is 2.24. The molecule has 21 heavy (non-hydrogen) atoms. The third-order valence-electron chi connectivity index (χ3n) is 3.51. The minimum Gasteiger partial charge on any atom is -0.395 e. The van der Waals surface area contributed by atoms with Gasteiger partial charge in [-0.05, 0) is 18.9 Å². The first-order valence-electron chi connectivity index (χ1n) is 7.31. The van der Waals surface area contributed by atoms with Gasteiger partial charge in [-0.25, -0.2) is 0 Å². The highest BCUT2D eigenvalue weighted by Crippen LogP contribution is 2.23. The topological polar surface area (TPSA) is 58.6 Å². The van der Waals surface area contributed by atoms with Crippen LogP contribution in [0.2, 0.25) is 0 Å². The second-order valence-electron chi connectivity index (χ2n) is 5.01. The summed E-state index contributed by atoms with van der Waals surface area (Å²) in [4.78, 5) is 13.3. The van der Waals surface area contributed by atoms with E-state index >= 15 is 0 Å². The van der Waals surface area contributed by atoms with E-state index in [-0.39, 0.29) is 24.5 Å². The molecule has 0 aliphatic carbocycles. The molecular weight excluding hydrogens is 286 g/mol. The van der Waals surface area contributed by atoms with Crippen LogP contribution in [0.3, 0.4) is 0 Å². The van der Waals surface area contributed by atoms with Crippen LogP contribution in [0.15, 0.2) is 11.4 Å². The van der Waals surface area contributed by atoms with Crippen LogP contribution in [0.4, 0.5) is 0 Å². The van der Waals surface area contributed by atoms with Gasteiger partial charge in [0.2, 0.25) is 5.91 Å². The molecule has 0 saturated carbocycles. The van der Waals surface area contributed by atoms with Gasteiger partial charge in [-0.2, -0.15) is 0 Å². The van der Waals surface area contributed by atoms with Gasteiger partial charge in [-0.1, -0.05) is 18.8 Å². The molecule has 1 fully saturated rings. The van der Waals surface area contributed by atoms with Crippen LogP contribution in [0.1, 0.15) is 36.6 Å². The van der Waals surface area contributed by atoms with E-state index in [1.807, 2.05) is 18.4 Å². The summed E-state index contributed by atoms with van der Waals surface area (Å²) in [5.41, 5.74) is 0.938. The SMILES string of the molecule is CCC1OCCC1C(=O)NCc1cc(C#CCCO)cs1. The number of carbonyl (C=O) groups excluding carboxylic acids is 1. The van der Waals surface area contributed by atoms with Gasteiger partial charge in [0.25, 0.3) is 0 Å². The van der Waals surface area contributed by atoms with E-state index in [9.17, 15) is 4.79 Å². The second-order valence-corrected chi connectivity index (χ2v) is 6.00. The number of rotatable bonds is 5. The zero-order valence-corrected chi connectivity index (χ0v) is 13.0. The lowest BCUT2D eigenvalue weighted by atomic mass is 9.99. The van der Waals surface area contributed by atoms with Crippen molar-refractivity contribution in [1.82, 2.24) is 5.32 Å². The number of hydrogen-bond donors (Lipinski definition) is 2. The fourth-order valence-corrected chi connectivity index (χ4v) is 3.17. The van der Waals surface area contributed by atoms with Crippen molar-refractivity contribution in [1.29, 1.82) is 0 Å². The van der Waals surface area contributed by atoms with Crippen LogP contribution in [0.5, 0.6) is 0 Å². The van der Waals surface area contributed by atoms with E-state index in [0.717, 1.165) is 23.3 Å². The van der Waals surface area contributed by atoms with Gasteiger partial charge in [0.05, 0.1) is 25.2 Å². The van der Waals surface area contributed by atoms with Crippen LogP contribution in [-0.2, 0) is 16.1 Å². The van der Waals surface area contributed by atoms with Crippen molar-refractivity contribution in [3.63, 3.8) is 0 Å². The molecule has 1 aromatic rings. The van der Waals surface area contributed by atoms with E-state index < -0.39 is 0 Å². The average Bonchev–Trinajstić information content (AvgIpc) is 3.14. The molecule has 4 nitrogen and oxygen atoms in total. The van der Waals surface area contributed by atoms with Gasteiger partial charge >= 0.3 is 0 Å². The Balaban J connectivity index is 1.83. The number of aliphatic hydroxyl groups is 1. The lowest BCUT2D eigenvalue weighted by molar-refractivity contribution is -0.126. The van der Waals surface area contributed by atoms with Crippen LogP contribution < -0.4 is 5.32 Å².